The number of hydrogen-bond donors (Lipinski definition) is 1. The summed E-state index contributed by atoms with van der Waals surface area (Å²) in [4.78, 5) is 11.6. The Hall–Kier alpha value is -1.55. The monoisotopic (exact) mass is 220 g/mol. The van der Waals surface area contributed by atoms with Crippen molar-refractivity contribution < 1.29 is 9.90 Å². The molecule has 0 aliphatic carbocycles. The van der Waals surface area contributed by atoms with Gasteiger partial charge < -0.3 is 5.11 Å². The lowest BCUT2D eigenvalue weighted by Gasteiger charge is -2.29. The number of carbonyl (C=O) groups excluding carboxylic acids is 1. The van der Waals surface area contributed by atoms with Crippen molar-refractivity contribution in [3.8, 4) is 0 Å². The third-order valence-corrected chi connectivity index (χ3v) is 2.73. The Labute approximate surface area is 95.1 Å². The van der Waals surface area contributed by atoms with Crippen molar-refractivity contribution in [2.24, 2.45) is 0 Å². The quantitative estimate of drug-likeness (QED) is 0.824. The van der Waals surface area contributed by atoms with Crippen LogP contribution in [0.4, 0.5) is 5.69 Å². The summed E-state index contributed by atoms with van der Waals surface area (Å²) in [5, 5.41) is 12.5. The van der Waals surface area contributed by atoms with Crippen molar-refractivity contribution in [3.63, 3.8) is 0 Å². The van der Waals surface area contributed by atoms with Crippen LogP contribution < -0.4 is 5.01 Å². The minimum atomic E-state index is -0.00590. The van der Waals surface area contributed by atoms with E-state index in [2.05, 4.69) is 0 Å². The van der Waals surface area contributed by atoms with Gasteiger partial charge >= 0.3 is 0 Å². The predicted octanol–water partition coefficient (Wildman–Crippen LogP) is 0.941. The van der Waals surface area contributed by atoms with Gasteiger partial charge in [0.05, 0.1) is 18.8 Å². The summed E-state index contributed by atoms with van der Waals surface area (Å²) >= 11 is 0. The molecule has 1 fully saturated rings. The Balaban J connectivity index is 2.23. The van der Waals surface area contributed by atoms with Crippen LogP contribution in [0.5, 0.6) is 0 Å². The first-order valence-electron chi connectivity index (χ1n) is 5.47. The zero-order chi connectivity index (χ0) is 11.5. The maximum atomic E-state index is 11.6. The van der Waals surface area contributed by atoms with Gasteiger partial charge in [-0.1, -0.05) is 12.1 Å². The average molecular weight is 220 g/mol. The number of nitrogens with zero attached hydrogens (tertiary/aromatic N) is 2. The second-order valence-corrected chi connectivity index (χ2v) is 3.95. The van der Waals surface area contributed by atoms with Crippen LogP contribution in [0.15, 0.2) is 24.3 Å². The molecule has 0 atom stereocenters. The van der Waals surface area contributed by atoms with E-state index in [4.69, 9.17) is 5.11 Å². The second kappa shape index (κ2) is 4.53. The molecule has 0 bridgehead atoms. The molecule has 1 saturated heterocycles. The van der Waals surface area contributed by atoms with E-state index >= 15 is 0 Å². The molecule has 4 heteroatoms. The van der Waals surface area contributed by atoms with Gasteiger partial charge in [0.2, 0.25) is 5.91 Å². The fourth-order valence-corrected chi connectivity index (χ4v) is 1.98. The van der Waals surface area contributed by atoms with Crippen LogP contribution in [-0.4, -0.2) is 35.7 Å². The average Bonchev–Trinajstić information content (AvgIpc) is 2.61. The van der Waals surface area contributed by atoms with Crippen LogP contribution in [0.25, 0.3) is 0 Å². The Bertz CT molecular complexity index is 392. The molecule has 16 heavy (non-hydrogen) atoms. The lowest BCUT2D eigenvalue weighted by Crippen LogP contribution is -2.40. The highest BCUT2D eigenvalue weighted by Crippen LogP contribution is 2.22. The van der Waals surface area contributed by atoms with Crippen LogP contribution >= 0.6 is 0 Å². The number of amides is 1. The highest BCUT2D eigenvalue weighted by atomic mass is 16.3. The summed E-state index contributed by atoms with van der Waals surface area (Å²) < 4.78 is 0. The molecule has 0 unspecified atom stereocenters. The molecule has 86 valence electrons. The van der Waals surface area contributed by atoms with E-state index in [0.29, 0.717) is 19.5 Å². The van der Waals surface area contributed by atoms with E-state index in [-0.39, 0.29) is 12.5 Å². The topological polar surface area (TPSA) is 43.8 Å². The van der Waals surface area contributed by atoms with Gasteiger partial charge in [-0.05, 0) is 24.6 Å². The number of aryl methyl sites for hydroxylation is 1. The van der Waals surface area contributed by atoms with Crippen molar-refractivity contribution in [1.82, 2.24) is 5.01 Å². The number of anilines is 1. The van der Waals surface area contributed by atoms with Crippen LogP contribution in [0.3, 0.4) is 0 Å². The largest absolute Gasteiger partial charge is 0.394 e. The van der Waals surface area contributed by atoms with Gasteiger partial charge in [0.1, 0.15) is 0 Å². The molecule has 1 aliphatic rings. The third kappa shape index (κ3) is 2.02. The Morgan fingerprint density at radius 3 is 2.94 bits per heavy atom. The second-order valence-electron chi connectivity index (χ2n) is 3.95. The molecule has 1 aromatic carbocycles. The van der Waals surface area contributed by atoms with E-state index in [9.17, 15) is 4.79 Å². The molecule has 1 aromatic rings. The molecule has 1 aliphatic heterocycles. The van der Waals surface area contributed by atoms with Gasteiger partial charge in [-0.25, -0.2) is 0 Å². The smallest absolute Gasteiger partial charge is 0.243 e. The maximum absolute atomic E-state index is 11.6. The summed E-state index contributed by atoms with van der Waals surface area (Å²) in [6, 6.07) is 8.03. The number of rotatable bonds is 3. The first-order chi connectivity index (χ1) is 7.72. The summed E-state index contributed by atoms with van der Waals surface area (Å²) in [6.07, 6.45) is 0.522. The fraction of sp³-hybridized carbons (Fsp3) is 0.417. The van der Waals surface area contributed by atoms with Crippen LogP contribution in [0.1, 0.15) is 12.0 Å². The SMILES string of the molecule is Cc1cccc(N2CCC(=O)N2CCO)c1. The fourth-order valence-electron chi connectivity index (χ4n) is 1.98. The Morgan fingerprint density at radius 2 is 2.25 bits per heavy atom. The van der Waals surface area contributed by atoms with Crippen molar-refractivity contribution in [2.45, 2.75) is 13.3 Å². The lowest BCUT2D eigenvalue weighted by molar-refractivity contribution is -0.128. The number of hydrazine groups is 1. The van der Waals surface area contributed by atoms with Crippen LogP contribution in [-0.2, 0) is 4.79 Å². The van der Waals surface area contributed by atoms with Crippen molar-refractivity contribution >= 4 is 11.6 Å². The molecule has 0 aromatic heterocycles. The zero-order valence-corrected chi connectivity index (χ0v) is 9.39. The molecule has 1 heterocycles. The Kier molecular flexibility index (Phi) is 3.10. The standard InChI is InChI=1S/C12H16N2O2/c1-10-3-2-4-11(9-10)13-6-5-12(16)14(13)7-8-15/h2-4,9,15H,5-8H2,1H3. The maximum Gasteiger partial charge on any atom is 0.243 e. The van der Waals surface area contributed by atoms with Gasteiger partial charge in [0.15, 0.2) is 0 Å². The van der Waals surface area contributed by atoms with Gasteiger partial charge in [0.25, 0.3) is 0 Å². The first-order valence-corrected chi connectivity index (χ1v) is 5.47. The lowest BCUT2D eigenvalue weighted by atomic mass is 10.2. The van der Waals surface area contributed by atoms with Gasteiger partial charge in [0, 0.05) is 13.0 Å². The zero-order valence-electron chi connectivity index (χ0n) is 9.39. The molecule has 0 saturated carbocycles. The van der Waals surface area contributed by atoms with Crippen LogP contribution in [0.2, 0.25) is 0 Å². The highest BCUT2D eigenvalue weighted by Gasteiger charge is 2.28. The number of hydrogen-bond acceptors (Lipinski definition) is 3. The summed E-state index contributed by atoms with van der Waals surface area (Å²) in [6.45, 7) is 3.08. The minimum absolute atomic E-state index is 0.00590. The van der Waals surface area contributed by atoms with Gasteiger partial charge in [-0.3, -0.25) is 14.8 Å². The molecule has 4 nitrogen and oxygen atoms in total. The van der Waals surface area contributed by atoms with E-state index < -0.39 is 0 Å². The van der Waals surface area contributed by atoms with Crippen molar-refractivity contribution in [1.29, 1.82) is 0 Å². The van der Waals surface area contributed by atoms with E-state index in [1.165, 1.54) is 5.56 Å². The van der Waals surface area contributed by atoms with E-state index in [1.807, 2.05) is 36.2 Å². The molecular formula is C12H16N2O2. The number of aliphatic hydroxyl groups is 1. The highest BCUT2D eigenvalue weighted by molar-refractivity contribution is 5.81. The molecule has 1 N–H and O–H groups in total. The third-order valence-electron chi connectivity index (χ3n) is 2.73. The number of benzene rings is 1. The summed E-state index contributed by atoms with van der Waals surface area (Å²) in [5.41, 5.74) is 2.18. The number of carbonyl (C=O) groups is 1. The predicted molar refractivity (Wildman–Crippen MR) is 61.9 cm³/mol. The van der Waals surface area contributed by atoms with Gasteiger partial charge in [-0.15, -0.1) is 0 Å². The van der Waals surface area contributed by atoms with Gasteiger partial charge in [-0.2, -0.15) is 0 Å². The molecule has 2 rings (SSSR count). The molecule has 0 radical (unpaired) electrons. The van der Waals surface area contributed by atoms with E-state index in [1.54, 1.807) is 5.01 Å². The normalized spacial score (nSPS) is 16.0. The van der Waals surface area contributed by atoms with Crippen molar-refractivity contribution in [3.05, 3.63) is 29.8 Å². The summed E-state index contributed by atoms with van der Waals surface area (Å²) in [5.74, 6) is 0.0792. The molecule has 0 spiro atoms. The minimum Gasteiger partial charge on any atom is -0.394 e. The van der Waals surface area contributed by atoms with Crippen LogP contribution in [0, 0.1) is 6.92 Å². The molecule has 1 amide bonds. The molecular weight excluding hydrogens is 204 g/mol. The van der Waals surface area contributed by atoms with E-state index in [0.717, 1.165) is 5.69 Å². The number of aliphatic hydroxyl groups excluding tert-OH is 1. The first kappa shape index (κ1) is 11.0. The number of β-amino-alcohol motifs (C(OH)–C–C–N with tert-alkyl or cyclic N) is 1. The Morgan fingerprint density at radius 1 is 1.44 bits per heavy atom. The van der Waals surface area contributed by atoms with Crippen molar-refractivity contribution in [2.75, 3.05) is 24.7 Å². The summed E-state index contributed by atoms with van der Waals surface area (Å²) in [7, 11) is 0.